The summed E-state index contributed by atoms with van der Waals surface area (Å²) in [5, 5.41) is 0.859. The molecule has 0 saturated carbocycles. The van der Waals surface area contributed by atoms with Gasteiger partial charge in [-0.25, -0.2) is 4.39 Å². The van der Waals surface area contributed by atoms with Gasteiger partial charge in [-0.05, 0) is 43.7 Å². The number of likely N-dealkylation sites (N-methyl/N-ethyl adjacent to an activating group) is 1. The summed E-state index contributed by atoms with van der Waals surface area (Å²) in [4.78, 5) is 14.5. The lowest BCUT2D eigenvalue weighted by Gasteiger charge is -2.37. The molecule has 36 heavy (non-hydrogen) atoms. The molecule has 0 unspecified atom stereocenters. The van der Waals surface area contributed by atoms with Crippen LogP contribution < -0.4 is 15.4 Å². The molecule has 0 amide bonds. The molecule has 4 aromatic rings. The number of ether oxygens (including phenoxy) is 2. The molecule has 0 bridgehead atoms. The maximum absolute atomic E-state index is 15.3. The van der Waals surface area contributed by atoms with Crippen molar-refractivity contribution in [3.8, 4) is 16.9 Å². The quantitative estimate of drug-likeness (QED) is 0.333. The van der Waals surface area contributed by atoms with Crippen LogP contribution >= 0.6 is 0 Å². The van der Waals surface area contributed by atoms with Gasteiger partial charge < -0.3 is 24.5 Å². The Bertz CT molecular complexity index is 1410. The molecule has 0 saturated heterocycles. The van der Waals surface area contributed by atoms with Gasteiger partial charge in [0.05, 0.1) is 31.5 Å². The van der Waals surface area contributed by atoms with Gasteiger partial charge in [0.25, 0.3) is 0 Å². The highest BCUT2D eigenvalue weighted by molar-refractivity contribution is 5.93. The highest BCUT2D eigenvalue weighted by atomic mass is 19.1. The summed E-state index contributed by atoms with van der Waals surface area (Å²) in [6, 6.07) is 16.9. The molecule has 0 aliphatic carbocycles. The van der Waals surface area contributed by atoms with Gasteiger partial charge in [-0.3, -0.25) is 4.79 Å². The number of para-hydroxylation sites is 1. The van der Waals surface area contributed by atoms with Crippen LogP contribution in [0.25, 0.3) is 22.1 Å². The van der Waals surface area contributed by atoms with Crippen molar-refractivity contribution in [2.24, 2.45) is 5.73 Å². The first-order valence-electron chi connectivity index (χ1n) is 12.2. The van der Waals surface area contributed by atoms with Gasteiger partial charge in [0, 0.05) is 40.7 Å². The van der Waals surface area contributed by atoms with E-state index >= 15 is 4.39 Å². The Morgan fingerprint density at radius 3 is 2.69 bits per heavy atom. The minimum Gasteiger partial charge on any atom is -0.481 e. The monoisotopic (exact) mass is 488 g/mol. The number of carbonyl (C=O) groups excluding carboxylic acids is 1. The molecule has 1 aromatic heterocycles. The van der Waals surface area contributed by atoms with Crippen molar-refractivity contribution in [1.82, 2.24) is 0 Å². The van der Waals surface area contributed by atoms with Crippen LogP contribution in [-0.4, -0.2) is 25.7 Å². The van der Waals surface area contributed by atoms with Gasteiger partial charge in [0.1, 0.15) is 23.3 Å². The van der Waals surface area contributed by atoms with Crippen molar-refractivity contribution >= 4 is 22.6 Å². The standard InChI is InChI=1S/C29H29FN2O4/c1-3-32-17-25(36-29-18(7-6-10-24(29)32)15-26(33)34-4-2)21-13-19-11-12-35-28(19)23(14-21)22-9-5-8-20(16-31)27(22)30/h5-14,25H,3-4,15-17,31H2,1-2H3/t25-/m0/s1. The second-order valence-corrected chi connectivity index (χ2v) is 8.78. The summed E-state index contributed by atoms with van der Waals surface area (Å²) >= 11 is 0. The summed E-state index contributed by atoms with van der Waals surface area (Å²) < 4.78 is 32.8. The summed E-state index contributed by atoms with van der Waals surface area (Å²) in [5.74, 6) is 0.0301. The second-order valence-electron chi connectivity index (χ2n) is 8.78. The lowest BCUT2D eigenvalue weighted by atomic mass is 9.95. The molecule has 5 rings (SSSR count). The van der Waals surface area contributed by atoms with E-state index in [1.54, 1.807) is 31.4 Å². The third-order valence-corrected chi connectivity index (χ3v) is 6.62. The zero-order valence-electron chi connectivity index (χ0n) is 20.4. The molecule has 0 fully saturated rings. The van der Waals surface area contributed by atoms with Gasteiger partial charge in [0.2, 0.25) is 0 Å². The number of furan rings is 1. The van der Waals surface area contributed by atoms with Gasteiger partial charge in [-0.1, -0.05) is 30.3 Å². The van der Waals surface area contributed by atoms with E-state index in [-0.39, 0.29) is 30.9 Å². The lowest BCUT2D eigenvalue weighted by molar-refractivity contribution is -0.142. The Balaban J connectivity index is 1.59. The number of halogens is 1. The maximum atomic E-state index is 15.3. The predicted octanol–water partition coefficient (Wildman–Crippen LogP) is 5.76. The van der Waals surface area contributed by atoms with Crippen LogP contribution in [0.3, 0.4) is 0 Å². The minimum atomic E-state index is -0.350. The Hall–Kier alpha value is -3.84. The number of benzene rings is 3. The van der Waals surface area contributed by atoms with Crippen molar-refractivity contribution in [2.75, 3.05) is 24.6 Å². The Labute approximate surface area is 209 Å². The normalized spacial score (nSPS) is 15.0. The third kappa shape index (κ3) is 4.31. The van der Waals surface area contributed by atoms with E-state index in [0.29, 0.717) is 41.2 Å². The first-order chi connectivity index (χ1) is 17.5. The summed E-state index contributed by atoms with van der Waals surface area (Å²) in [7, 11) is 0. The number of hydrogen-bond donors (Lipinski definition) is 1. The Kier molecular flexibility index (Phi) is 6.65. The van der Waals surface area contributed by atoms with Crippen LogP contribution in [0.2, 0.25) is 0 Å². The van der Waals surface area contributed by atoms with Crippen molar-refractivity contribution in [1.29, 1.82) is 0 Å². The molecular formula is C29H29FN2O4. The maximum Gasteiger partial charge on any atom is 0.310 e. The Morgan fingerprint density at radius 2 is 1.92 bits per heavy atom. The molecule has 1 aliphatic rings. The molecule has 1 aliphatic heterocycles. The topological polar surface area (TPSA) is 77.9 Å². The first kappa shape index (κ1) is 23.9. The van der Waals surface area contributed by atoms with Crippen molar-refractivity contribution in [3.63, 3.8) is 0 Å². The Morgan fingerprint density at radius 1 is 1.11 bits per heavy atom. The van der Waals surface area contributed by atoms with Crippen molar-refractivity contribution in [2.45, 2.75) is 32.9 Å². The zero-order chi connectivity index (χ0) is 25.2. The number of nitrogens with zero attached hydrogens (tertiary/aromatic N) is 1. The molecule has 2 heterocycles. The number of esters is 1. The van der Waals surface area contributed by atoms with Crippen LogP contribution in [0.5, 0.6) is 5.75 Å². The molecule has 6 nitrogen and oxygen atoms in total. The summed E-state index contributed by atoms with van der Waals surface area (Å²) in [6.45, 7) is 5.69. The van der Waals surface area contributed by atoms with Gasteiger partial charge >= 0.3 is 5.97 Å². The summed E-state index contributed by atoms with van der Waals surface area (Å²) in [5.41, 5.74) is 10.5. The minimum absolute atomic E-state index is 0.109. The zero-order valence-corrected chi connectivity index (χ0v) is 20.4. The molecule has 7 heteroatoms. The fraction of sp³-hybridized carbons (Fsp3) is 0.276. The van der Waals surface area contributed by atoms with E-state index in [1.807, 2.05) is 36.4 Å². The summed E-state index contributed by atoms with van der Waals surface area (Å²) in [6.07, 6.45) is 1.40. The van der Waals surface area contributed by atoms with Gasteiger partial charge in [0.15, 0.2) is 0 Å². The highest BCUT2D eigenvalue weighted by Crippen LogP contribution is 2.43. The third-order valence-electron chi connectivity index (χ3n) is 6.62. The van der Waals surface area contributed by atoms with Gasteiger partial charge in [-0.15, -0.1) is 0 Å². The molecule has 2 N–H and O–H groups in total. The van der Waals surface area contributed by atoms with Crippen molar-refractivity contribution in [3.05, 3.63) is 83.4 Å². The van der Waals surface area contributed by atoms with Crippen LogP contribution in [0.1, 0.15) is 36.6 Å². The van der Waals surface area contributed by atoms with Crippen LogP contribution in [0, 0.1) is 5.82 Å². The van der Waals surface area contributed by atoms with E-state index in [2.05, 4.69) is 11.8 Å². The molecule has 0 radical (unpaired) electrons. The average Bonchev–Trinajstić information content (AvgIpc) is 3.37. The number of anilines is 1. The van der Waals surface area contributed by atoms with Crippen molar-refractivity contribution < 1.29 is 23.1 Å². The van der Waals surface area contributed by atoms with Gasteiger partial charge in [-0.2, -0.15) is 0 Å². The van der Waals surface area contributed by atoms with E-state index in [9.17, 15) is 4.79 Å². The molecule has 186 valence electrons. The van der Waals surface area contributed by atoms with E-state index in [1.165, 1.54) is 0 Å². The molecule has 1 atom stereocenters. The molecule has 0 spiro atoms. The number of hydrogen-bond acceptors (Lipinski definition) is 6. The SMILES string of the molecule is CCOC(=O)Cc1cccc2c1O[C@H](c1cc(-c3cccc(CN)c3F)c3occc3c1)CN2CC. The highest BCUT2D eigenvalue weighted by Gasteiger charge is 2.30. The lowest BCUT2D eigenvalue weighted by Crippen LogP contribution is -2.35. The fourth-order valence-corrected chi connectivity index (χ4v) is 4.85. The fourth-order valence-electron chi connectivity index (χ4n) is 4.85. The first-order valence-corrected chi connectivity index (χ1v) is 12.2. The molecular weight excluding hydrogens is 459 g/mol. The van der Waals surface area contributed by atoms with Crippen LogP contribution in [-0.2, 0) is 22.5 Å². The number of carbonyl (C=O) groups is 1. The predicted molar refractivity (Wildman–Crippen MR) is 138 cm³/mol. The number of fused-ring (bicyclic) bond motifs is 2. The number of nitrogens with two attached hydrogens (primary N) is 1. The second kappa shape index (κ2) is 10.0. The molecule has 3 aromatic carbocycles. The average molecular weight is 489 g/mol. The largest absolute Gasteiger partial charge is 0.481 e. The van der Waals surface area contributed by atoms with E-state index in [0.717, 1.165) is 28.7 Å². The smallest absolute Gasteiger partial charge is 0.310 e. The number of rotatable bonds is 7. The van der Waals surface area contributed by atoms with Crippen LogP contribution in [0.15, 0.2) is 65.3 Å². The van der Waals surface area contributed by atoms with E-state index in [4.69, 9.17) is 19.6 Å². The van der Waals surface area contributed by atoms with E-state index < -0.39 is 0 Å². The van der Waals surface area contributed by atoms with Crippen LogP contribution in [0.4, 0.5) is 10.1 Å².